The predicted octanol–water partition coefficient (Wildman–Crippen LogP) is 3.47. The van der Waals surface area contributed by atoms with Crippen LogP contribution in [0.1, 0.15) is 34.6 Å². The van der Waals surface area contributed by atoms with Gasteiger partial charge in [0.15, 0.2) is 5.78 Å². The number of amides is 3. The number of nitrogens with zero attached hydrogens (tertiary/aromatic N) is 3. The van der Waals surface area contributed by atoms with Crippen molar-refractivity contribution >= 4 is 33.7 Å². The molecule has 2 aliphatic rings. The molecular weight excluding hydrogens is 410 g/mol. The van der Waals surface area contributed by atoms with Gasteiger partial charge in [-0.15, -0.1) is 0 Å². The Kier molecular flexibility index (Phi) is 4.42. The largest absolute Gasteiger partial charge is 0.327 e. The second-order valence-corrected chi connectivity index (χ2v) is 8.06. The van der Waals surface area contributed by atoms with Gasteiger partial charge in [-0.1, -0.05) is 15.9 Å². The number of ketones is 1. The molecule has 0 spiro atoms. The minimum atomic E-state index is -0.336. The second kappa shape index (κ2) is 6.64. The van der Waals surface area contributed by atoms with E-state index < -0.39 is 0 Å². The van der Waals surface area contributed by atoms with Gasteiger partial charge in [0.25, 0.3) is 5.91 Å². The van der Waals surface area contributed by atoms with Crippen molar-refractivity contribution in [3.8, 4) is 5.69 Å². The molecule has 1 saturated heterocycles. The lowest BCUT2D eigenvalue weighted by Gasteiger charge is -2.16. The van der Waals surface area contributed by atoms with Crippen molar-refractivity contribution in [1.29, 1.82) is 0 Å². The van der Waals surface area contributed by atoms with Crippen LogP contribution in [0, 0.1) is 13.8 Å². The number of carbonyl (C=O) groups is 3. The molecule has 27 heavy (non-hydrogen) atoms. The van der Waals surface area contributed by atoms with Crippen LogP contribution in [0.15, 0.2) is 34.8 Å². The molecule has 0 radical (unpaired) electrons. The van der Waals surface area contributed by atoms with Crippen LogP contribution >= 0.6 is 15.9 Å². The number of aromatic nitrogens is 1. The molecule has 1 aromatic carbocycles. The number of carbonyl (C=O) groups excluding carboxylic acids is 3. The van der Waals surface area contributed by atoms with Gasteiger partial charge in [0.05, 0.1) is 6.54 Å². The summed E-state index contributed by atoms with van der Waals surface area (Å²) in [5.41, 5.74) is 3.23. The lowest BCUT2D eigenvalue weighted by molar-refractivity contribution is -0.125. The average Bonchev–Trinajstić information content (AvgIpc) is 3.38. The molecule has 1 aromatic heterocycles. The third-order valence-corrected chi connectivity index (χ3v) is 5.72. The molecule has 0 atom stereocenters. The van der Waals surface area contributed by atoms with Crippen molar-refractivity contribution in [2.24, 2.45) is 0 Å². The van der Waals surface area contributed by atoms with Crippen molar-refractivity contribution < 1.29 is 14.4 Å². The van der Waals surface area contributed by atoms with E-state index in [2.05, 4.69) is 15.9 Å². The Morgan fingerprint density at radius 2 is 1.81 bits per heavy atom. The Morgan fingerprint density at radius 1 is 1.15 bits per heavy atom. The molecule has 140 valence electrons. The third-order valence-electron chi connectivity index (χ3n) is 5.19. The van der Waals surface area contributed by atoms with Crippen molar-refractivity contribution in [3.05, 3.63) is 51.8 Å². The minimum absolute atomic E-state index is 0.0920. The molecule has 0 bridgehead atoms. The highest BCUT2D eigenvalue weighted by atomic mass is 79.9. The first-order chi connectivity index (χ1) is 12.9. The number of imide groups is 1. The summed E-state index contributed by atoms with van der Waals surface area (Å²) in [6.07, 6.45) is 1.88. The number of hydrogen-bond donors (Lipinski definition) is 0. The van der Waals surface area contributed by atoms with Crippen LogP contribution in [-0.2, 0) is 4.79 Å². The molecule has 1 aliphatic carbocycles. The molecule has 7 heteroatoms. The zero-order valence-electron chi connectivity index (χ0n) is 15.2. The quantitative estimate of drug-likeness (QED) is 0.539. The maximum Gasteiger partial charge on any atom is 0.327 e. The first-order valence-corrected chi connectivity index (χ1v) is 9.75. The molecule has 2 heterocycles. The van der Waals surface area contributed by atoms with E-state index in [0.717, 1.165) is 39.3 Å². The van der Waals surface area contributed by atoms with Crippen molar-refractivity contribution in [2.45, 2.75) is 32.7 Å². The maximum atomic E-state index is 12.9. The van der Waals surface area contributed by atoms with Gasteiger partial charge in [-0.25, -0.2) is 4.79 Å². The Morgan fingerprint density at radius 3 is 2.44 bits per heavy atom. The van der Waals surface area contributed by atoms with Crippen LogP contribution in [0.4, 0.5) is 4.79 Å². The van der Waals surface area contributed by atoms with Crippen molar-refractivity contribution in [1.82, 2.24) is 14.4 Å². The fourth-order valence-corrected chi connectivity index (χ4v) is 3.91. The predicted molar refractivity (Wildman–Crippen MR) is 104 cm³/mol. The summed E-state index contributed by atoms with van der Waals surface area (Å²) < 4.78 is 2.99. The zero-order chi connectivity index (χ0) is 19.3. The Hall–Kier alpha value is -2.41. The van der Waals surface area contributed by atoms with E-state index in [1.165, 1.54) is 0 Å². The number of rotatable bonds is 5. The van der Waals surface area contributed by atoms with Crippen LogP contribution < -0.4 is 0 Å². The molecule has 0 N–H and O–H groups in total. The fourth-order valence-electron chi connectivity index (χ4n) is 3.65. The molecule has 2 aromatic rings. The number of urea groups is 1. The topological polar surface area (TPSA) is 62.6 Å². The summed E-state index contributed by atoms with van der Waals surface area (Å²) in [5.74, 6) is -0.507. The monoisotopic (exact) mass is 429 g/mol. The third kappa shape index (κ3) is 3.20. The number of benzene rings is 1. The SMILES string of the molecule is Cc1cc(C(=O)CN2C(=O)CN(C3CC3)C2=O)c(C)n1-c1ccc(Br)cc1. The molecule has 3 amide bonds. The normalized spacial score (nSPS) is 17.1. The number of hydrogen-bond acceptors (Lipinski definition) is 3. The highest BCUT2D eigenvalue weighted by molar-refractivity contribution is 9.10. The van der Waals surface area contributed by atoms with E-state index in [9.17, 15) is 14.4 Å². The Bertz CT molecular complexity index is 944. The van der Waals surface area contributed by atoms with Gasteiger partial charge >= 0.3 is 6.03 Å². The highest BCUT2D eigenvalue weighted by Gasteiger charge is 2.44. The van der Waals surface area contributed by atoms with Gasteiger partial charge in [0.2, 0.25) is 0 Å². The van der Waals surface area contributed by atoms with Crippen LogP contribution in [0.25, 0.3) is 5.69 Å². The van der Waals surface area contributed by atoms with Gasteiger partial charge in [-0.3, -0.25) is 14.5 Å². The molecule has 4 rings (SSSR count). The zero-order valence-corrected chi connectivity index (χ0v) is 16.8. The number of halogens is 1. The molecule has 1 saturated carbocycles. The molecule has 6 nitrogen and oxygen atoms in total. The lowest BCUT2D eigenvalue weighted by Crippen LogP contribution is -2.37. The second-order valence-electron chi connectivity index (χ2n) is 7.14. The first kappa shape index (κ1) is 18.0. The van der Waals surface area contributed by atoms with Crippen LogP contribution in [0.3, 0.4) is 0 Å². The molecule has 2 fully saturated rings. The summed E-state index contributed by atoms with van der Waals surface area (Å²) >= 11 is 3.43. The summed E-state index contributed by atoms with van der Waals surface area (Å²) in [6, 6.07) is 9.50. The number of aryl methyl sites for hydroxylation is 1. The van der Waals surface area contributed by atoms with Crippen LogP contribution in [0.5, 0.6) is 0 Å². The molecule has 1 aliphatic heterocycles. The van der Waals surface area contributed by atoms with Crippen molar-refractivity contribution in [2.75, 3.05) is 13.1 Å². The van der Waals surface area contributed by atoms with E-state index in [1.54, 1.807) is 4.90 Å². The highest BCUT2D eigenvalue weighted by Crippen LogP contribution is 2.30. The summed E-state index contributed by atoms with van der Waals surface area (Å²) in [7, 11) is 0. The standard InChI is InChI=1S/C20H20BrN3O3/c1-12-9-17(13(2)24(12)16-5-3-14(21)4-6-16)18(25)10-23-19(26)11-22(20(23)27)15-7-8-15/h3-6,9,15H,7-8,10-11H2,1-2H3. The minimum Gasteiger partial charge on any atom is -0.318 e. The maximum absolute atomic E-state index is 12.9. The average molecular weight is 430 g/mol. The summed E-state index contributed by atoms with van der Waals surface area (Å²) in [6.45, 7) is 3.71. The fraction of sp³-hybridized carbons (Fsp3) is 0.350. The van der Waals surface area contributed by atoms with Gasteiger partial charge in [0, 0.05) is 33.2 Å². The molecular formula is C20H20BrN3O3. The Balaban J connectivity index is 1.58. The van der Waals surface area contributed by atoms with Gasteiger partial charge in [0.1, 0.15) is 6.54 Å². The lowest BCUT2D eigenvalue weighted by atomic mass is 10.1. The van der Waals surface area contributed by atoms with E-state index in [4.69, 9.17) is 0 Å². The van der Waals surface area contributed by atoms with E-state index in [-0.39, 0.29) is 36.9 Å². The van der Waals surface area contributed by atoms with E-state index >= 15 is 0 Å². The van der Waals surface area contributed by atoms with E-state index in [1.807, 2.05) is 48.7 Å². The molecule has 0 unspecified atom stereocenters. The van der Waals surface area contributed by atoms with Gasteiger partial charge in [-0.2, -0.15) is 0 Å². The summed E-state index contributed by atoms with van der Waals surface area (Å²) in [5, 5.41) is 0. The van der Waals surface area contributed by atoms with E-state index in [0.29, 0.717) is 5.56 Å². The summed E-state index contributed by atoms with van der Waals surface area (Å²) in [4.78, 5) is 40.2. The van der Waals surface area contributed by atoms with Gasteiger partial charge < -0.3 is 9.47 Å². The van der Waals surface area contributed by atoms with Crippen molar-refractivity contribution in [3.63, 3.8) is 0 Å². The van der Waals surface area contributed by atoms with Gasteiger partial charge in [-0.05, 0) is 57.0 Å². The first-order valence-electron chi connectivity index (χ1n) is 8.96. The Labute approximate surface area is 165 Å². The number of Topliss-reactive ketones (excluding diaryl/α,β-unsaturated/α-hetero) is 1. The smallest absolute Gasteiger partial charge is 0.318 e. The van der Waals surface area contributed by atoms with Crippen LogP contribution in [-0.4, -0.2) is 51.2 Å². The van der Waals surface area contributed by atoms with Crippen LogP contribution in [0.2, 0.25) is 0 Å².